The van der Waals surface area contributed by atoms with E-state index in [1.54, 1.807) is 13.0 Å². The van der Waals surface area contributed by atoms with Crippen LogP contribution in [0.2, 0.25) is 0 Å². The van der Waals surface area contributed by atoms with Gasteiger partial charge < -0.3 is 0 Å². The summed E-state index contributed by atoms with van der Waals surface area (Å²) in [7, 11) is 0. The van der Waals surface area contributed by atoms with Gasteiger partial charge in [0.2, 0.25) is 0 Å². The summed E-state index contributed by atoms with van der Waals surface area (Å²) in [5.41, 5.74) is 0.0750. The van der Waals surface area contributed by atoms with Gasteiger partial charge in [-0.2, -0.15) is 5.26 Å². The highest BCUT2D eigenvalue weighted by Gasteiger charge is 2.19. The van der Waals surface area contributed by atoms with Gasteiger partial charge in [-0.05, 0) is 24.6 Å². The van der Waals surface area contributed by atoms with Crippen LogP contribution >= 0.6 is 0 Å². The highest BCUT2D eigenvalue weighted by atomic mass is 16.6. The summed E-state index contributed by atoms with van der Waals surface area (Å²) in [6, 6.07) is 4.45. The fourth-order valence-corrected chi connectivity index (χ4v) is 1.19. The molecule has 5 nitrogen and oxygen atoms in total. The third-order valence-electron chi connectivity index (χ3n) is 1.71. The van der Waals surface area contributed by atoms with Gasteiger partial charge >= 0.3 is 0 Å². The Morgan fingerprint density at radius 3 is 2.64 bits per heavy atom. The number of aryl methyl sites for hydroxylation is 1. The second-order valence-corrected chi connectivity index (χ2v) is 2.74. The first-order valence-corrected chi connectivity index (χ1v) is 3.74. The second kappa shape index (κ2) is 3.66. The topological polar surface area (TPSA) is 84.0 Å². The van der Waals surface area contributed by atoms with Gasteiger partial charge in [0, 0.05) is 0 Å². The average Bonchev–Trinajstić information content (AvgIpc) is 2.15. The number of nitrogens with zero attached hydrogens (tertiary/aromatic N) is 2. The van der Waals surface area contributed by atoms with Crippen LogP contribution in [0.15, 0.2) is 12.1 Å². The summed E-state index contributed by atoms with van der Waals surface area (Å²) in [4.78, 5) is 20.4. The van der Waals surface area contributed by atoms with Gasteiger partial charge in [0.25, 0.3) is 5.69 Å². The predicted molar refractivity (Wildman–Crippen MR) is 47.9 cm³/mol. The molecule has 0 N–H and O–H groups in total. The molecule has 1 aromatic rings. The smallest absolute Gasteiger partial charge is 0.297 e. The number of benzene rings is 1. The number of nitriles is 1. The van der Waals surface area contributed by atoms with E-state index in [1.165, 1.54) is 12.1 Å². The van der Waals surface area contributed by atoms with Crippen LogP contribution < -0.4 is 0 Å². The van der Waals surface area contributed by atoms with Gasteiger partial charge in [0.05, 0.1) is 10.5 Å². The van der Waals surface area contributed by atoms with E-state index in [1.807, 2.05) is 0 Å². The predicted octanol–water partition coefficient (Wildman–Crippen LogP) is 1.59. The van der Waals surface area contributed by atoms with Crippen molar-refractivity contribution in [3.63, 3.8) is 0 Å². The fourth-order valence-electron chi connectivity index (χ4n) is 1.19. The first kappa shape index (κ1) is 9.86. The third-order valence-corrected chi connectivity index (χ3v) is 1.71. The molecule has 0 aliphatic heterocycles. The second-order valence-electron chi connectivity index (χ2n) is 2.74. The van der Waals surface area contributed by atoms with Crippen LogP contribution in [-0.2, 0) is 0 Å². The summed E-state index contributed by atoms with van der Waals surface area (Å²) in [6.45, 7) is 1.66. The first-order valence-electron chi connectivity index (χ1n) is 3.74. The molecule has 14 heavy (non-hydrogen) atoms. The van der Waals surface area contributed by atoms with Gasteiger partial charge in [-0.1, -0.05) is 0 Å². The van der Waals surface area contributed by atoms with Crippen molar-refractivity contribution in [1.82, 2.24) is 0 Å². The van der Waals surface area contributed by atoms with E-state index in [2.05, 4.69) is 0 Å². The van der Waals surface area contributed by atoms with Crippen LogP contribution in [-0.4, -0.2) is 11.2 Å². The number of hydrogen-bond donors (Lipinski definition) is 0. The summed E-state index contributed by atoms with van der Waals surface area (Å²) in [5.74, 6) is 0. The summed E-state index contributed by atoms with van der Waals surface area (Å²) in [6.07, 6.45) is 0.381. The minimum absolute atomic E-state index is 0.0634. The lowest BCUT2D eigenvalue weighted by molar-refractivity contribution is -0.385. The number of nitro groups is 1. The number of rotatable bonds is 2. The quantitative estimate of drug-likeness (QED) is 0.402. The van der Waals surface area contributed by atoms with Crippen molar-refractivity contribution in [3.05, 3.63) is 38.9 Å². The molecule has 1 aromatic carbocycles. The normalized spacial score (nSPS) is 9.14. The number of aldehydes is 1. The molecule has 0 aliphatic rings. The lowest BCUT2D eigenvalue weighted by atomic mass is 10.1. The number of nitro benzene ring substituents is 1. The van der Waals surface area contributed by atoms with Gasteiger partial charge in [0.15, 0.2) is 6.29 Å². The van der Waals surface area contributed by atoms with E-state index in [0.29, 0.717) is 11.8 Å². The highest BCUT2D eigenvalue weighted by molar-refractivity contribution is 5.84. The van der Waals surface area contributed by atoms with E-state index in [-0.39, 0.29) is 11.1 Å². The van der Waals surface area contributed by atoms with Crippen LogP contribution in [0.1, 0.15) is 21.5 Å². The van der Waals surface area contributed by atoms with Crippen molar-refractivity contribution >= 4 is 12.0 Å². The molecule has 0 saturated heterocycles. The molecule has 0 radical (unpaired) electrons. The molecule has 0 atom stereocenters. The lowest BCUT2D eigenvalue weighted by Gasteiger charge is -1.99. The zero-order chi connectivity index (χ0) is 10.7. The van der Waals surface area contributed by atoms with Crippen molar-refractivity contribution in [3.8, 4) is 6.07 Å². The van der Waals surface area contributed by atoms with E-state index in [4.69, 9.17) is 5.26 Å². The molecule has 0 fully saturated rings. The van der Waals surface area contributed by atoms with Gasteiger partial charge in [-0.3, -0.25) is 14.9 Å². The molecular weight excluding hydrogens is 184 g/mol. The first-order chi connectivity index (χ1) is 6.60. The fraction of sp³-hybridized carbons (Fsp3) is 0.111. The number of hydrogen-bond acceptors (Lipinski definition) is 4. The highest BCUT2D eigenvalue weighted by Crippen LogP contribution is 2.23. The summed E-state index contributed by atoms with van der Waals surface area (Å²) in [5, 5.41) is 19.2. The van der Waals surface area contributed by atoms with Gasteiger partial charge in [0.1, 0.15) is 11.6 Å². The van der Waals surface area contributed by atoms with Crippen molar-refractivity contribution in [1.29, 1.82) is 5.26 Å². The standard InChI is InChI=1S/C9H6N2O3/c1-6-2-7(4-10)9(11(13)14)8(3-6)5-12/h2-3,5H,1H3. The maximum absolute atomic E-state index is 10.6. The largest absolute Gasteiger partial charge is 0.298 e. The average molecular weight is 190 g/mol. The van der Waals surface area contributed by atoms with E-state index in [0.717, 1.165) is 0 Å². The van der Waals surface area contributed by atoms with E-state index < -0.39 is 10.6 Å². The summed E-state index contributed by atoms with van der Waals surface area (Å²) < 4.78 is 0. The van der Waals surface area contributed by atoms with Crippen LogP contribution in [0.3, 0.4) is 0 Å². The SMILES string of the molecule is Cc1cc(C#N)c([N+](=O)[O-])c(C=O)c1. The zero-order valence-corrected chi connectivity index (χ0v) is 7.35. The Hall–Kier alpha value is -2.22. The molecule has 0 heterocycles. The molecule has 0 aliphatic carbocycles. The molecule has 0 unspecified atom stereocenters. The molecular formula is C9H6N2O3. The lowest BCUT2D eigenvalue weighted by Crippen LogP contribution is -1.98. The van der Waals surface area contributed by atoms with Crippen molar-refractivity contribution in [2.45, 2.75) is 6.92 Å². The Balaban J connectivity index is 3.58. The monoisotopic (exact) mass is 190 g/mol. The molecule has 0 bridgehead atoms. The minimum Gasteiger partial charge on any atom is -0.298 e. The van der Waals surface area contributed by atoms with Crippen LogP contribution in [0.4, 0.5) is 5.69 Å². The van der Waals surface area contributed by atoms with Gasteiger partial charge in [-0.15, -0.1) is 0 Å². The van der Waals surface area contributed by atoms with E-state index >= 15 is 0 Å². The molecule has 5 heteroatoms. The molecule has 0 aromatic heterocycles. The molecule has 0 saturated carbocycles. The van der Waals surface area contributed by atoms with Crippen LogP contribution in [0.25, 0.3) is 0 Å². The Labute approximate surface area is 79.7 Å². The molecule has 70 valence electrons. The summed E-state index contributed by atoms with van der Waals surface area (Å²) >= 11 is 0. The Morgan fingerprint density at radius 1 is 1.57 bits per heavy atom. The molecule has 0 amide bonds. The Bertz CT molecular complexity index is 446. The maximum atomic E-state index is 10.6. The maximum Gasteiger partial charge on any atom is 0.297 e. The van der Waals surface area contributed by atoms with E-state index in [9.17, 15) is 14.9 Å². The number of carbonyl (C=O) groups is 1. The molecule has 1 rings (SSSR count). The zero-order valence-electron chi connectivity index (χ0n) is 7.35. The van der Waals surface area contributed by atoms with Gasteiger partial charge in [-0.25, -0.2) is 0 Å². The van der Waals surface area contributed by atoms with Crippen molar-refractivity contribution in [2.24, 2.45) is 0 Å². The third kappa shape index (κ3) is 1.59. The van der Waals surface area contributed by atoms with Crippen molar-refractivity contribution in [2.75, 3.05) is 0 Å². The Morgan fingerprint density at radius 2 is 2.21 bits per heavy atom. The van der Waals surface area contributed by atoms with Crippen LogP contribution in [0.5, 0.6) is 0 Å². The van der Waals surface area contributed by atoms with Crippen molar-refractivity contribution < 1.29 is 9.72 Å². The molecule has 0 spiro atoms. The van der Waals surface area contributed by atoms with Crippen LogP contribution in [0, 0.1) is 28.4 Å². The minimum atomic E-state index is -0.721. The number of carbonyl (C=O) groups excluding carboxylic acids is 1. The Kier molecular flexibility index (Phi) is 2.58.